The Bertz CT molecular complexity index is 1480. The molecule has 0 aromatic heterocycles. The Morgan fingerprint density at radius 3 is 2.12 bits per heavy atom. The minimum Gasteiger partial charge on any atom is -0.355 e. The molecule has 40 heavy (non-hydrogen) atoms. The summed E-state index contributed by atoms with van der Waals surface area (Å²) in [5.41, 5.74) is 2.32. The van der Waals surface area contributed by atoms with Gasteiger partial charge in [0, 0.05) is 28.2 Å². The molecule has 0 radical (unpaired) electrons. The summed E-state index contributed by atoms with van der Waals surface area (Å²) < 4.78 is 29.0. The lowest BCUT2D eigenvalue weighted by molar-refractivity contribution is -0.140. The van der Waals surface area contributed by atoms with Gasteiger partial charge in [-0.15, -0.1) is 0 Å². The van der Waals surface area contributed by atoms with Gasteiger partial charge in [-0.2, -0.15) is 0 Å². The minimum atomic E-state index is -4.21. The molecule has 214 valence electrons. The zero-order valence-corrected chi connectivity index (χ0v) is 25.8. The van der Waals surface area contributed by atoms with Crippen LogP contribution >= 0.6 is 34.8 Å². The molecule has 7 nitrogen and oxygen atoms in total. The van der Waals surface area contributed by atoms with Crippen molar-refractivity contribution >= 4 is 62.3 Å². The molecule has 0 heterocycles. The molecular formula is C29H32Cl3N3O4S. The minimum absolute atomic E-state index is 0.0216. The number of anilines is 1. The molecule has 11 heteroatoms. The van der Waals surface area contributed by atoms with Crippen LogP contribution in [0.4, 0.5) is 5.69 Å². The summed E-state index contributed by atoms with van der Waals surface area (Å²) in [5, 5.41) is 3.83. The van der Waals surface area contributed by atoms with E-state index >= 15 is 0 Å². The van der Waals surface area contributed by atoms with Crippen molar-refractivity contribution in [3.63, 3.8) is 0 Å². The molecule has 0 saturated carbocycles. The fourth-order valence-corrected chi connectivity index (χ4v) is 6.35. The Labute approximate surface area is 251 Å². The first kappa shape index (κ1) is 31.7. The highest BCUT2D eigenvalue weighted by Gasteiger charge is 2.34. The van der Waals surface area contributed by atoms with Gasteiger partial charge < -0.3 is 10.2 Å². The lowest BCUT2D eigenvalue weighted by atomic mass is 10.1. The number of likely N-dealkylation sites (N-methyl/N-ethyl adjacent to an activating group) is 1. The second-order valence-electron chi connectivity index (χ2n) is 9.33. The number of hydrogen-bond donors (Lipinski definition) is 1. The van der Waals surface area contributed by atoms with Crippen LogP contribution in [0.25, 0.3) is 0 Å². The van der Waals surface area contributed by atoms with Crippen molar-refractivity contribution in [2.75, 3.05) is 17.4 Å². The van der Waals surface area contributed by atoms with Gasteiger partial charge in [0.05, 0.1) is 10.6 Å². The Hall–Kier alpha value is -2.78. The number of nitrogens with one attached hydrogen (secondary N) is 1. The molecule has 0 spiro atoms. The standard InChI is InChI=1S/C29H32Cl3N3O4S/c1-5-26(29(37)33-6-2)34(17-21-10-12-22(30)15-25(21)32)28(36)18-35(27-16-23(31)11-9-20(27)4)40(38,39)24-13-7-19(3)8-14-24/h7-16,26H,5-6,17-18H2,1-4H3,(H,33,37)/t26-/m0/s1. The van der Waals surface area contributed by atoms with E-state index in [4.69, 9.17) is 34.8 Å². The molecule has 0 saturated heterocycles. The van der Waals surface area contributed by atoms with E-state index in [1.807, 2.05) is 6.92 Å². The van der Waals surface area contributed by atoms with E-state index in [9.17, 15) is 18.0 Å². The molecule has 0 unspecified atom stereocenters. The van der Waals surface area contributed by atoms with Crippen LogP contribution in [0.2, 0.25) is 15.1 Å². The predicted octanol–water partition coefficient (Wildman–Crippen LogP) is 6.40. The quantitative estimate of drug-likeness (QED) is 0.267. The number of carbonyl (C=O) groups is 2. The van der Waals surface area contributed by atoms with Gasteiger partial charge in [-0.25, -0.2) is 8.42 Å². The molecule has 0 fully saturated rings. The number of amides is 2. The highest BCUT2D eigenvalue weighted by molar-refractivity contribution is 7.92. The number of hydrogen-bond acceptors (Lipinski definition) is 4. The van der Waals surface area contributed by atoms with E-state index in [0.717, 1.165) is 9.87 Å². The smallest absolute Gasteiger partial charge is 0.264 e. The molecule has 0 aliphatic carbocycles. The summed E-state index contributed by atoms with van der Waals surface area (Å²) in [7, 11) is -4.21. The zero-order valence-electron chi connectivity index (χ0n) is 22.7. The van der Waals surface area contributed by atoms with Crippen LogP contribution in [0.5, 0.6) is 0 Å². The molecule has 1 atom stereocenters. The third-order valence-corrected chi connectivity index (χ3v) is 9.02. The number of benzene rings is 3. The summed E-state index contributed by atoms with van der Waals surface area (Å²) >= 11 is 18.8. The summed E-state index contributed by atoms with van der Waals surface area (Å²) in [6.07, 6.45) is 0.295. The van der Waals surface area contributed by atoms with Crippen LogP contribution in [0, 0.1) is 13.8 Å². The fourth-order valence-electron chi connectivity index (χ4n) is 4.25. The lowest BCUT2D eigenvalue weighted by Gasteiger charge is -2.33. The maximum absolute atomic E-state index is 14.1. The van der Waals surface area contributed by atoms with Gasteiger partial charge in [0.15, 0.2) is 0 Å². The molecule has 0 aliphatic heterocycles. The van der Waals surface area contributed by atoms with Crippen molar-refractivity contribution in [1.29, 1.82) is 0 Å². The first-order chi connectivity index (χ1) is 18.9. The van der Waals surface area contributed by atoms with Gasteiger partial charge in [0.1, 0.15) is 12.6 Å². The summed E-state index contributed by atoms with van der Waals surface area (Å²) in [5.74, 6) is -0.936. The van der Waals surface area contributed by atoms with Crippen LogP contribution < -0.4 is 9.62 Å². The largest absolute Gasteiger partial charge is 0.355 e. The van der Waals surface area contributed by atoms with Crippen LogP contribution in [0.3, 0.4) is 0 Å². The molecule has 3 rings (SSSR count). The van der Waals surface area contributed by atoms with Gasteiger partial charge >= 0.3 is 0 Å². The summed E-state index contributed by atoms with van der Waals surface area (Å²) in [4.78, 5) is 28.5. The van der Waals surface area contributed by atoms with Gasteiger partial charge in [-0.1, -0.05) is 71.6 Å². The number of nitrogens with zero attached hydrogens (tertiary/aromatic N) is 2. The Morgan fingerprint density at radius 2 is 1.52 bits per heavy atom. The first-order valence-electron chi connectivity index (χ1n) is 12.8. The number of sulfonamides is 1. The van der Waals surface area contributed by atoms with Crippen molar-refractivity contribution in [1.82, 2.24) is 10.2 Å². The number of aryl methyl sites for hydroxylation is 2. The van der Waals surface area contributed by atoms with E-state index in [1.165, 1.54) is 23.1 Å². The maximum atomic E-state index is 14.1. The molecule has 3 aromatic rings. The van der Waals surface area contributed by atoms with Gasteiger partial charge in [0.25, 0.3) is 10.0 Å². The van der Waals surface area contributed by atoms with E-state index in [1.54, 1.807) is 63.2 Å². The molecule has 0 aliphatic rings. The topological polar surface area (TPSA) is 86.8 Å². The molecule has 1 N–H and O–H groups in total. The molecule has 0 bridgehead atoms. The van der Waals surface area contributed by atoms with Crippen LogP contribution in [0.15, 0.2) is 65.6 Å². The monoisotopic (exact) mass is 623 g/mol. The Kier molecular flexibility index (Phi) is 10.9. The lowest BCUT2D eigenvalue weighted by Crippen LogP contribution is -2.52. The second kappa shape index (κ2) is 13.7. The Morgan fingerprint density at radius 1 is 0.900 bits per heavy atom. The summed E-state index contributed by atoms with van der Waals surface area (Å²) in [6, 6.07) is 15.2. The van der Waals surface area contributed by atoms with Crippen molar-refractivity contribution in [2.45, 2.75) is 51.6 Å². The predicted molar refractivity (Wildman–Crippen MR) is 162 cm³/mol. The third kappa shape index (κ3) is 7.49. The first-order valence-corrected chi connectivity index (χ1v) is 15.3. The van der Waals surface area contributed by atoms with Crippen molar-refractivity contribution in [2.24, 2.45) is 0 Å². The Balaban J connectivity index is 2.12. The number of carbonyl (C=O) groups excluding carboxylic acids is 2. The van der Waals surface area contributed by atoms with Crippen LogP contribution in [0.1, 0.15) is 37.0 Å². The molecule has 2 amide bonds. The van der Waals surface area contributed by atoms with Gasteiger partial charge in [0.2, 0.25) is 11.8 Å². The highest BCUT2D eigenvalue weighted by Crippen LogP contribution is 2.31. The van der Waals surface area contributed by atoms with E-state index in [2.05, 4.69) is 5.32 Å². The highest BCUT2D eigenvalue weighted by atomic mass is 35.5. The average molecular weight is 625 g/mol. The van der Waals surface area contributed by atoms with Crippen LogP contribution in [-0.2, 0) is 26.2 Å². The average Bonchev–Trinajstić information content (AvgIpc) is 2.90. The van der Waals surface area contributed by atoms with Crippen molar-refractivity contribution in [3.8, 4) is 0 Å². The second-order valence-corrected chi connectivity index (χ2v) is 12.5. The van der Waals surface area contributed by atoms with E-state index < -0.39 is 28.5 Å². The number of halogens is 3. The zero-order chi connectivity index (χ0) is 29.6. The fraction of sp³-hybridized carbons (Fsp3) is 0.310. The third-order valence-electron chi connectivity index (χ3n) is 6.42. The summed E-state index contributed by atoms with van der Waals surface area (Å²) in [6.45, 7) is 6.92. The number of rotatable bonds is 11. The normalized spacial score (nSPS) is 12.1. The SMILES string of the molecule is CCNC(=O)[C@H](CC)N(Cc1ccc(Cl)cc1Cl)C(=O)CN(c1cc(Cl)ccc1C)S(=O)(=O)c1ccc(C)cc1. The van der Waals surface area contributed by atoms with Crippen LogP contribution in [-0.4, -0.2) is 44.3 Å². The van der Waals surface area contributed by atoms with Crippen molar-refractivity contribution in [3.05, 3.63) is 92.4 Å². The molecular weight excluding hydrogens is 593 g/mol. The maximum Gasteiger partial charge on any atom is 0.264 e. The van der Waals surface area contributed by atoms with Crippen molar-refractivity contribution < 1.29 is 18.0 Å². The van der Waals surface area contributed by atoms with E-state index in [0.29, 0.717) is 39.2 Å². The van der Waals surface area contributed by atoms with Gasteiger partial charge in [-0.3, -0.25) is 13.9 Å². The molecule has 3 aromatic carbocycles. The van der Waals surface area contributed by atoms with Gasteiger partial charge in [-0.05, 0) is 74.7 Å². The van der Waals surface area contributed by atoms with E-state index in [-0.39, 0.29) is 23.0 Å².